The quantitative estimate of drug-likeness (QED) is 0.670. The molecule has 0 bridgehead atoms. The highest BCUT2D eigenvalue weighted by molar-refractivity contribution is 6.35. The lowest BCUT2D eigenvalue weighted by molar-refractivity contribution is 0.181. The minimum atomic E-state index is -0.210. The van der Waals surface area contributed by atoms with Gasteiger partial charge < -0.3 is 20.6 Å². The van der Waals surface area contributed by atoms with E-state index in [1.165, 1.54) is 11.1 Å². The molecule has 1 aromatic heterocycles. The molecule has 2 amide bonds. The molecule has 3 N–H and O–H groups in total. The highest BCUT2D eigenvalue weighted by atomic mass is 35.5. The molecular formula is C12H18Cl2N4O2. The van der Waals surface area contributed by atoms with Crippen LogP contribution in [0.2, 0.25) is 10.0 Å². The van der Waals surface area contributed by atoms with Crippen LogP contribution in [-0.2, 0) is 0 Å². The third-order valence-electron chi connectivity index (χ3n) is 2.54. The second-order valence-electron chi connectivity index (χ2n) is 3.95. The molecule has 0 aliphatic rings. The third kappa shape index (κ3) is 5.40. The normalized spacial score (nSPS) is 10.2. The molecule has 0 unspecified atom stereocenters. The Morgan fingerprint density at radius 1 is 1.45 bits per heavy atom. The maximum atomic E-state index is 11.7. The van der Waals surface area contributed by atoms with Crippen LogP contribution in [0.25, 0.3) is 0 Å². The van der Waals surface area contributed by atoms with Crippen molar-refractivity contribution in [3.05, 3.63) is 22.3 Å². The zero-order chi connectivity index (χ0) is 15.0. The molecule has 1 heterocycles. The van der Waals surface area contributed by atoms with Gasteiger partial charge in [-0.05, 0) is 13.0 Å². The fourth-order valence-electron chi connectivity index (χ4n) is 1.53. The van der Waals surface area contributed by atoms with Crippen LogP contribution >= 0.6 is 23.2 Å². The maximum absolute atomic E-state index is 11.7. The summed E-state index contributed by atoms with van der Waals surface area (Å²) in [6.07, 6.45) is 1.49. The van der Waals surface area contributed by atoms with E-state index >= 15 is 0 Å². The van der Waals surface area contributed by atoms with Gasteiger partial charge in [0.05, 0.1) is 16.7 Å². The predicted molar refractivity (Wildman–Crippen MR) is 80.5 cm³/mol. The Hall–Kier alpha value is -1.24. The zero-order valence-electron chi connectivity index (χ0n) is 11.2. The van der Waals surface area contributed by atoms with Gasteiger partial charge >= 0.3 is 6.03 Å². The van der Waals surface area contributed by atoms with Gasteiger partial charge in [-0.15, -0.1) is 0 Å². The molecule has 1 rings (SSSR count). The van der Waals surface area contributed by atoms with Gasteiger partial charge in [0.2, 0.25) is 0 Å². The summed E-state index contributed by atoms with van der Waals surface area (Å²) in [6, 6.07) is 1.38. The zero-order valence-corrected chi connectivity index (χ0v) is 12.7. The first-order valence-corrected chi connectivity index (χ1v) is 7.02. The monoisotopic (exact) mass is 320 g/mol. The minimum Gasteiger partial charge on any atom is -0.395 e. The first kappa shape index (κ1) is 16.8. The summed E-state index contributed by atoms with van der Waals surface area (Å²) in [5, 5.41) is 15.5. The second-order valence-corrected chi connectivity index (χ2v) is 4.79. The Balaban J connectivity index is 2.32. The number of pyridine rings is 1. The van der Waals surface area contributed by atoms with Gasteiger partial charge in [-0.1, -0.05) is 23.2 Å². The molecular weight excluding hydrogens is 303 g/mol. The SMILES string of the molecule is CCN(CCO)C(=O)NCCNc1ncc(Cl)cc1Cl. The van der Waals surface area contributed by atoms with Crippen LogP contribution in [0, 0.1) is 0 Å². The number of likely N-dealkylation sites (N-methyl/N-ethyl adjacent to an activating group) is 1. The molecule has 0 aliphatic heterocycles. The van der Waals surface area contributed by atoms with Crippen molar-refractivity contribution >= 4 is 35.1 Å². The Kier molecular flexibility index (Phi) is 7.43. The fraction of sp³-hybridized carbons (Fsp3) is 0.500. The first-order valence-electron chi connectivity index (χ1n) is 6.27. The molecule has 6 nitrogen and oxygen atoms in total. The number of hydrogen-bond acceptors (Lipinski definition) is 4. The summed E-state index contributed by atoms with van der Waals surface area (Å²) in [7, 11) is 0. The number of nitrogens with one attached hydrogen (secondary N) is 2. The van der Waals surface area contributed by atoms with Gasteiger partial charge in [-0.2, -0.15) is 0 Å². The minimum absolute atomic E-state index is 0.0518. The molecule has 0 spiro atoms. The van der Waals surface area contributed by atoms with E-state index in [1.807, 2.05) is 6.92 Å². The van der Waals surface area contributed by atoms with E-state index in [9.17, 15) is 4.79 Å². The van der Waals surface area contributed by atoms with Crippen molar-refractivity contribution in [3.63, 3.8) is 0 Å². The number of rotatable bonds is 7. The van der Waals surface area contributed by atoms with E-state index in [0.29, 0.717) is 42.0 Å². The van der Waals surface area contributed by atoms with Gasteiger partial charge in [0.1, 0.15) is 5.82 Å². The Morgan fingerprint density at radius 2 is 2.20 bits per heavy atom. The number of aliphatic hydroxyl groups excluding tert-OH is 1. The molecule has 20 heavy (non-hydrogen) atoms. The van der Waals surface area contributed by atoms with Crippen molar-refractivity contribution in [1.29, 1.82) is 0 Å². The summed E-state index contributed by atoms with van der Waals surface area (Å²) in [6.45, 7) is 3.57. The lowest BCUT2D eigenvalue weighted by atomic mass is 10.4. The summed E-state index contributed by atoms with van der Waals surface area (Å²) in [5.74, 6) is 0.521. The Labute approximate surface area is 128 Å². The summed E-state index contributed by atoms with van der Waals surface area (Å²) in [5.41, 5.74) is 0. The van der Waals surface area contributed by atoms with Crippen molar-refractivity contribution in [2.45, 2.75) is 6.92 Å². The first-order chi connectivity index (χ1) is 9.58. The Bertz CT molecular complexity index is 445. The molecule has 0 aliphatic carbocycles. The third-order valence-corrected chi connectivity index (χ3v) is 3.04. The number of hydrogen-bond donors (Lipinski definition) is 3. The molecule has 1 aromatic rings. The predicted octanol–water partition coefficient (Wildman–Crippen LogP) is 1.82. The van der Waals surface area contributed by atoms with E-state index in [4.69, 9.17) is 28.3 Å². The number of amides is 2. The second kappa shape index (κ2) is 8.84. The Morgan fingerprint density at radius 3 is 2.80 bits per heavy atom. The van der Waals surface area contributed by atoms with Crippen LogP contribution in [0.3, 0.4) is 0 Å². The summed E-state index contributed by atoms with van der Waals surface area (Å²) >= 11 is 11.7. The molecule has 0 saturated heterocycles. The molecule has 0 atom stereocenters. The average molecular weight is 321 g/mol. The van der Waals surface area contributed by atoms with Crippen molar-refractivity contribution in [2.24, 2.45) is 0 Å². The number of aromatic nitrogens is 1. The topological polar surface area (TPSA) is 77.5 Å². The van der Waals surface area contributed by atoms with Gasteiger partial charge in [0.25, 0.3) is 0 Å². The lowest BCUT2D eigenvalue weighted by Gasteiger charge is -2.20. The number of anilines is 1. The number of nitrogens with zero attached hydrogens (tertiary/aromatic N) is 2. The van der Waals surface area contributed by atoms with Crippen molar-refractivity contribution < 1.29 is 9.90 Å². The van der Waals surface area contributed by atoms with E-state index < -0.39 is 0 Å². The molecule has 0 saturated carbocycles. The van der Waals surface area contributed by atoms with Gasteiger partial charge in [0, 0.05) is 32.4 Å². The maximum Gasteiger partial charge on any atom is 0.317 e. The lowest BCUT2D eigenvalue weighted by Crippen LogP contribution is -2.42. The van der Waals surface area contributed by atoms with E-state index in [1.54, 1.807) is 6.07 Å². The molecule has 8 heteroatoms. The van der Waals surface area contributed by atoms with Crippen molar-refractivity contribution in [1.82, 2.24) is 15.2 Å². The average Bonchev–Trinajstić information content (AvgIpc) is 2.42. The van der Waals surface area contributed by atoms with Gasteiger partial charge in [0.15, 0.2) is 0 Å². The molecule has 0 aromatic carbocycles. The van der Waals surface area contributed by atoms with E-state index in [2.05, 4.69) is 15.6 Å². The molecule has 112 valence electrons. The summed E-state index contributed by atoms with van der Waals surface area (Å²) in [4.78, 5) is 17.3. The molecule has 0 radical (unpaired) electrons. The largest absolute Gasteiger partial charge is 0.395 e. The standard InChI is InChI=1S/C12H18Cl2N4O2/c1-2-18(5-6-19)12(20)16-4-3-15-11-10(14)7-9(13)8-17-11/h7-8,19H,2-6H2,1H3,(H,15,17)(H,16,20). The number of aliphatic hydroxyl groups is 1. The summed E-state index contributed by atoms with van der Waals surface area (Å²) < 4.78 is 0. The van der Waals surface area contributed by atoms with Crippen LogP contribution in [0.1, 0.15) is 6.92 Å². The van der Waals surface area contributed by atoms with Crippen LogP contribution in [0.4, 0.5) is 10.6 Å². The van der Waals surface area contributed by atoms with Crippen LogP contribution in [0.5, 0.6) is 0 Å². The number of halogens is 2. The number of carbonyl (C=O) groups excluding carboxylic acids is 1. The van der Waals surface area contributed by atoms with Crippen molar-refractivity contribution in [3.8, 4) is 0 Å². The van der Waals surface area contributed by atoms with Gasteiger partial charge in [-0.25, -0.2) is 9.78 Å². The van der Waals surface area contributed by atoms with Crippen molar-refractivity contribution in [2.75, 3.05) is 38.1 Å². The highest BCUT2D eigenvalue weighted by Crippen LogP contribution is 2.21. The highest BCUT2D eigenvalue weighted by Gasteiger charge is 2.09. The van der Waals surface area contributed by atoms with E-state index in [-0.39, 0.29) is 12.6 Å². The smallest absolute Gasteiger partial charge is 0.317 e. The van der Waals surface area contributed by atoms with E-state index in [0.717, 1.165) is 0 Å². The molecule has 0 fully saturated rings. The van der Waals surface area contributed by atoms with Crippen LogP contribution in [-0.4, -0.2) is 53.8 Å². The number of urea groups is 1. The number of carbonyl (C=O) groups is 1. The van der Waals surface area contributed by atoms with Crippen LogP contribution < -0.4 is 10.6 Å². The fourth-order valence-corrected chi connectivity index (χ4v) is 1.98. The van der Waals surface area contributed by atoms with Crippen LogP contribution in [0.15, 0.2) is 12.3 Å². The van der Waals surface area contributed by atoms with Gasteiger partial charge in [-0.3, -0.25) is 0 Å².